The third-order valence-corrected chi connectivity index (χ3v) is 2.66. The van der Waals surface area contributed by atoms with Crippen LogP contribution in [0.25, 0.3) is 0 Å². The minimum atomic E-state index is -4.40. The van der Waals surface area contributed by atoms with Gasteiger partial charge in [0, 0.05) is 25.1 Å². The lowest BCUT2D eigenvalue weighted by Gasteiger charge is -2.06. The molecule has 0 aromatic carbocycles. The smallest absolute Gasteiger partial charge is 0.331 e. The van der Waals surface area contributed by atoms with Crippen LogP contribution in [0, 0.1) is 5.92 Å². The van der Waals surface area contributed by atoms with E-state index in [0.29, 0.717) is 5.92 Å². The molecule has 18 heavy (non-hydrogen) atoms. The topological polar surface area (TPSA) is 49.8 Å². The van der Waals surface area contributed by atoms with E-state index >= 15 is 0 Å². The van der Waals surface area contributed by atoms with E-state index in [1.54, 1.807) is 6.20 Å². The molecular weight excluding hydrogens is 245 g/mol. The fourth-order valence-electron chi connectivity index (χ4n) is 1.65. The van der Waals surface area contributed by atoms with Crippen molar-refractivity contribution in [1.29, 1.82) is 0 Å². The summed E-state index contributed by atoms with van der Waals surface area (Å²) in [5.74, 6) is 0.608. The lowest BCUT2D eigenvalue weighted by molar-refractivity contribution is -0.138. The van der Waals surface area contributed by atoms with E-state index in [-0.39, 0.29) is 5.95 Å². The molecule has 0 radical (unpaired) electrons. The molecule has 0 unspecified atom stereocenters. The van der Waals surface area contributed by atoms with Crippen LogP contribution in [0.3, 0.4) is 0 Å². The van der Waals surface area contributed by atoms with Gasteiger partial charge in [0.15, 0.2) is 0 Å². The molecule has 1 aromatic rings. The second-order valence-electron chi connectivity index (χ2n) is 4.05. The second-order valence-corrected chi connectivity index (χ2v) is 4.05. The number of hydrogen-bond donors (Lipinski definition) is 2. The van der Waals surface area contributed by atoms with Crippen molar-refractivity contribution < 1.29 is 13.2 Å². The predicted octanol–water partition coefficient (Wildman–Crippen LogP) is 2.03. The van der Waals surface area contributed by atoms with Crippen LogP contribution >= 0.6 is 0 Å². The van der Waals surface area contributed by atoms with Crippen LogP contribution in [0.2, 0.25) is 0 Å². The lowest BCUT2D eigenvalue weighted by atomic mass is 10.1. The van der Waals surface area contributed by atoms with Gasteiger partial charge in [-0.15, -0.1) is 0 Å². The van der Waals surface area contributed by atoms with Crippen molar-refractivity contribution in [3.05, 3.63) is 30.2 Å². The van der Waals surface area contributed by atoms with Crippen LogP contribution in [-0.2, 0) is 6.18 Å². The summed E-state index contributed by atoms with van der Waals surface area (Å²) in [6, 6.07) is 0. The Kier molecular flexibility index (Phi) is 3.81. The molecule has 0 aliphatic carbocycles. The predicted molar refractivity (Wildman–Crippen MR) is 60.8 cm³/mol. The molecule has 1 saturated heterocycles. The maximum atomic E-state index is 12.3. The average molecular weight is 258 g/mol. The molecule has 98 valence electrons. The van der Waals surface area contributed by atoms with Gasteiger partial charge in [-0.05, 0) is 18.9 Å². The molecule has 0 amide bonds. The van der Waals surface area contributed by atoms with Crippen LogP contribution in [-0.4, -0.2) is 23.1 Å². The molecule has 7 heteroatoms. The zero-order valence-electron chi connectivity index (χ0n) is 9.54. The zero-order valence-corrected chi connectivity index (χ0v) is 9.54. The highest BCUT2D eigenvalue weighted by Crippen LogP contribution is 2.27. The molecule has 1 aromatic heterocycles. The van der Waals surface area contributed by atoms with Gasteiger partial charge >= 0.3 is 6.18 Å². The summed E-state index contributed by atoms with van der Waals surface area (Å²) in [5.41, 5.74) is -0.850. The van der Waals surface area contributed by atoms with Crippen molar-refractivity contribution in [1.82, 2.24) is 15.3 Å². The molecule has 0 bridgehead atoms. The van der Waals surface area contributed by atoms with Gasteiger partial charge in [0.1, 0.15) is 0 Å². The van der Waals surface area contributed by atoms with Crippen molar-refractivity contribution in [2.75, 3.05) is 18.4 Å². The summed E-state index contributed by atoms with van der Waals surface area (Å²) in [4.78, 5) is 7.20. The van der Waals surface area contributed by atoms with Crippen molar-refractivity contribution in [2.45, 2.75) is 12.6 Å². The summed E-state index contributed by atoms with van der Waals surface area (Å²) in [5, 5.41) is 5.96. The van der Waals surface area contributed by atoms with Gasteiger partial charge in [-0.25, -0.2) is 9.97 Å². The lowest BCUT2D eigenvalue weighted by Crippen LogP contribution is -2.08. The van der Waals surface area contributed by atoms with Gasteiger partial charge in [-0.2, -0.15) is 13.2 Å². The highest BCUT2D eigenvalue weighted by atomic mass is 19.4. The molecule has 0 spiro atoms. The van der Waals surface area contributed by atoms with Gasteiger partial charge < -0.3 is 10.6 Å². The Labute approximate surface area is 102 Å². The fourth-order valence-corrected chi connectivity index (χ4v) is 1.65. The number of anilines is 1. The first-order valence-corrected chi connectivity index (χ1v) is 5.59. The first kappa shape index (κ1) is 12.8. The Hall–Kier alpha value is -1.63. The first-order chi connectivity index (χ1) is 8.55. The number of nitrogens with one attached hydrogen (secondary N) is 2. The molecule has 2 heterocycles. The Morgan fingerprint density at radius 3 is 2.61 bits per heavy atom. The van der Waals surface area contributed by atoms with Crippen LogP contribution < -0.4 is 10.6 Å². The summed E-state index contributed by atoms with van der Waals surface area (Å²) in [6.07, 6.45) is 1.82. The molecule has 2 N–H and O–H groups in total. The van der Waals surface area contributed by atoms with Crippen molar-refractivity contribution in [3.8, 4) is 0 Å². The minimum absolute atomic E-state index is 0.158. The summed E-state index contributed by atoms with van der Waals surface area (Å²) in [7, 11) is 0. The number of halogens is 3. The maximum Gasteiger partial charge on any atom is 0.419 e. The number of alkyl halides is 3. The zero-order chi connectivity index (χ0) is 13.0. The van der Waals surface area contributed by atoms with E-state index in [2.05, 4.69) is 20.6 Å². The van der Waals surface area contributed by atoms with E-state index in [1.165, 1.54) is 0 Å². The molecule has 4 nitrogen and oxygen atoms in total. The Morgan fingerprint density at radius 1 is 1.33 bits per heavy atom. The van der Waals surface area contributed by atoms with Crippen molar-refractivity contribution in [2.24, 2.45) is 5.92 Å². The maximum absolute atomic E-state index is 12.3. The van der Waals surface area contributed by atoms with Crippen molar-refractivity contribution >= 4 is 5.95 Å². The van der Waals surface area contributed by atoms with Gasteiger partial charge in [-0.1, -0.05) is 6.08 Å². The Morgan fingerprint density at radius 2 is 2.06 bits per heavy atom. The summed E-state index contributed by atoms with van der Waals surface area (Å²) < 4.78 is 36.8. The van der Waals surface area contributed by atoms with Crippen LogP contribution in [0.1, 0.15) is 12.0 Å². The molecular formula is C11H13F3N4. The summed E-state index contributed by atoms with van der Waals surface area (Å²) in [6.45, 7) is 1.91. The van der Waals surface area contributed by atoms with Crippen LogP contribution in [0.15, 0.2) is 24.7 Å². The quantitative estimate of drug-likeness (QED) is 0.871. The summed E-state index contributed by atoms with van der Waals surface area (Å²) >= 11 is 0. The average Bonchev–Trinajstić information content (AvgIpc) is 2.82. The molecule has 0 saturated carbocycles. The third-order valence-electron chi connectivity index (χ3n) is 2.66. The highest BCUT2D eigenvalue weighted by molar-refractivity contribution is 5.29. The molecule has 1 atom stereocenters. The minimum Gasteiger partial charge on any atom is -0.331 e. The van der Waals surface area contributed by atoms with Crippen LogP contribution in [0.5, 0.6) is 0 Å². The van der Waals surface area contributed by atoms with Gasteiger partial charge in [-0.3, -0.25) is 0 Å². The monoisotopic (exact) mass is 258 g/mol. The highest BCUT2D eigenvalue weighted by Gasteiger charge is 2.31. The van der Waals surface area contributed by atoms with Crippen molar-refractivity contribution in [3.63, 3.8) is 0 Å². The van der Waals surface area contributed by atoms with E-state index in [9.17, 15) is 13.2 Å². The first-order valence-electron chi connectivity index (χ1n) is 5.59. The van der Waals surface area contributed by atoms with E-state index < -0.39 is 11.7 Å². The number of nitrogens with zero attached hydrogens (tertiary/aromatic N) is 2. The van der Waals surface area contributed by atoms with Crippen LogP contribution in [0.4, 0.5) is 19.1 Å². The number of hydrogen-bond acceptors (Lipinski definition) is 4. The van der Waals surface area contributed by atoms with E-state index in [4.69, 9.17) is 0 Å². The van der Waals surface area contributed by atoms with E-state index in [0.717, 1.165) is 31.9 Å². The number of aromatic nitrogens is 2. The molecule has 1 aliphatic heterocycles. The van der Waals surface area contributed by atoms with Gasteiger partial charge in [0.25, 0.3) is 0 Å². The fraction of sp³-hybridized carbons (Fsp3) is 0.455. The molecule has 1 aliphatic rings. The molecule has 2 rings (SSSR count). The van der Waals surface area contributed by atoms with Gasteiger partial charge in [0.2, 0.25) is 5.95 Å². The number of rotatable bonds is 3. The Balaban J connectivity index is 1.90. The standard InChI is InChI=1S/C11H13F3N4/c12-11(13,14)9-6-17-10(18-7-9)16-4-2-8-1-3-15-5-8/h2,4,6-8,15H,1,3,5H2,(H,16,17,18)/b4-2+/t8-/m0/s1. The van der Waals surface area contributed by atoms with E-state index in [1.807, 2.05) is 6.08 Å². The van der Waals surface area contributed by atoms with Gasteiger partial charge in [0.05, 0.1) is 5.56 Å². The second kappa shape index (κ2) is 5.34. The third kappa shape index (κ3) is 3.43. The molecule has 1 fully saturated rings. The largest absolute Gasteiger partial charge is 0.419 e. The SMILES string of the molecule is FC(F)(F)c1cnc(N/C=C/[C@@H]2CCNC2)nc1. The normalized spacial score (nSPS) is 20.5. The Bertz CT molecular complexity index is 407.